The summed E-state index contributed by atoms with van der Waals surface area (Å²) in [5.41, 5.74) is 5.01. The molecule has 2 aromatic carbocycles. The molecule has 1 aliphatic heterocycles. The van der Waals surface area contributed by atoms with E-state index in [1.807, 2.05) is 0 Å². The van der Waals surface area contributed by atoms with Gasteiger partial charge < -0.3 is 15.1 Å². The van der Waals surface area contributed by atoms with Crippen molar-refractivity contribution in [3.8, 4) is 0 Å². The molecule has 0 unspecified atom stereocenters. The molecule has 1 heterocycles. The van der Waals surface area contributed by atoms with Gasteiger partial charge in [0, 0.05) is 44.1 Å². The lowest BCUT2D eigenvalue weighted by Gasteiger charge is -2.25. The molecule has 0 radical (unpaired) electrons. The summed E-state index contributed by atoms with van der Waals surface area (Å²) in [4.78, 5) is 15.3. The zero-order valence-corrected chi connectivity index (χ0v) is 14.2. The van der Waals surface area contributed by atoms with Gasteiger partial charge in [-0.15, -0.1) is 0 Å². The molecule has 0 bridgehead atoms. The van der Waals surface area contributed by atoms with Crippen LogP contribution in [0.15, 0.2) is 48.5 Å². The Morgan fingerprint density at radius 1 is 0.875 bits per heavy atom. The molecule has 126 valence electrons. The largest absolute Gasteiger partial charge is 0.370 e. The van der Waals surface area contributed by atoms with Gasteiger partial charge in [0.15, 0.2) is 0 Å². The van der Waals surface area contributed by atoms with E-state index >= 15 is 0 Å². The zero-order chi connectivity index (χ0) is 16.8. The highest BCUT2D eigenvalue weighted by Crippen LogP contribution is 2.21. The van der Waals surface area contributed by atoms with Crippen molar-refractivity contribution in [3.63, 3.8) is 0 Å². The van der Waals surface area contributed by atoms with Gasteiger partial charge in [-0.1, -0.05) is 29.8 Å². The zero-order valence-electron chi connectivity index (χ0n) is 14.2. The van der Waals surface area contributed by atoms with Gasteiger partial charge in [0.1, 0.15) is 0 Å². The number of hydrogen-bond acceptors (Lipinski definition) is 3. The molecule has 1 saturated heterocycles. The summed E-state index contributed by atoms with van der Waals surface area (Å²) in [6.07, 6.45) is 1.89. The Bertz CT molecular complexity index is 652. The molecule has 0 spiro atoms. The lowest BCUT2D eigenvalue weighted by molar-refractivity contribution is -0.109. The smallest absolute Gasteiger partial charge is 0.207 e. The van der Waals surface area contributed by atoms with Gasteiger partial charge in [-0.25, -0.2) is 0 Å². The van der Waals surface area contributed by atoms with Crippen LogP contribution in [0, 0.1) is 6.92 Å². The summed E-state index contributed by atoms with van der Waals surface area (Å²) in [5, 5.41) is 2.70. The van der Waals surface area contributed by atoms with Crippen molar-refractivity contribution in [3.05, 3.63) is 59.7 Å². The van der Waals surface area contributed by atoms with Gasteiger partial charge in [-0.2, -0.15) is 0 Å². The first-order chi connectivity index (χ1) is 11.8. The van der Waals surface area contributed by atoms with Crippen molar-refractivity contribution in [1.29, 1.82) is 0 Å². The summed E-state index contributed by atoms with van der Waals surface area (Å²) in [6.45, 7) is 6.96. The van der Waals surface area contributed by atoms with Crippen LogP contribution in [0.4, 0.5) is 11.4 Å². The Morgan fingerprint density at radius 2 is 1.42 bits per heavy atom. The summed E-state index contributed by atoms with van der Waals surface area (Å²) in [7, 11) is 0. The highest BCUT2D eigenvalue weighted by atomic mass is 16.1. The van der Waals surface area contributed by atoms with Crippen LogP contribution in [-0.4, -0.2) is 32.6 Å². The number of nitrogens with zero attached hydrogens (tertiary/aromatic N) is 2. The number of carbonyl (C=O) groups is 1. The molecule has 0 atom stereocenters. The number of amides is 1. The van der Waals surface area contributed by atoms with Crippen molar-refractivity contribution >= 4 is 17.8 Å². The second-order valence-electron chi connectivity index (χ2n) is 6.33. The van der Waals surface area contributed by atoms with Crippen LogP contribution in [0.1, 0.15) is 17.5 Å². The molecule has 2 aromatic rings. The van der Waals surface area contributed by atoms with Crippen LogP contribution >= 0.6 is 0 Å². The first kappa shape index (κ1) is 16.4. The molecule has 4 heteroatoms. The first-order valence-corrected chi connectivity index (χ1v) is 8.59. The number of rotatable bonds is 5. The highest BCUT2D eigenvalue weighted by Gasteiger charge is 2.15. The third-order valence-corrected chi connectivity index (χ3v) is 4.59. The van der Waals surface area contributed by atoms with Crippen LogP contribution in [0.3, 0.4) is 0 Å². The minimum Gasteiger partial charge on any atom is -0.370 e. The maximum atomic E-state index is 10.4. The standard InChI is InChI=1S/C20H25N3O/c1-17-3-7-19(8-4-17)22-11-2-12-23(14-13-22)20-9-5-18(6-10-20)15-21-16-24/h3-10,16H,2,11-15H2,1H3,(H,21,24). The molecular formula is C20H25N3O. The van der Waals surface area contributed by atoms with Crippen molar-refractivity contribution in [2.24, 2.45) is 0 Å². The SMILES string of the molecule is Cc1ccc(N2CCCN(c3ccc(CNC=O)cc3)CC2)cc1. The van der Waals surface area contributed by atoms with Crippen molar-refractivity contribution in [2.75, 3.05) is 36.0 Å². The minimum absolute atomic E-state index is 0.588. The molecule has 0 aliphatic carbocycles. The Labute approximate surface area is 144 Å². The van der Waals surface area contributed by atoms with Gasteiger partial charge in [0.05, 0.1) is 0 Å². The number of anilines is 2. The lowest BCUT2D eigenvalue weighted by Crippen LogP contribution is -2.30. The summed E-state index contributed by atoms with van der Waals surface area (Å²) in [5.74, 6) is 0. The number of nitrogens with one attached hydrogen (secondary N) is 1. The van der Waals surface area contributed by atoms with E-state index in [0.717, 1.165) is 44.6 Å². The predicted octanol–water partition coefficient (Wildman–Crippen LogP) is 2.96. The average molecular weight is 323 g/mol. The molecule has 1 fully saturated rings. The maximum Gasteiger partial charge on any atom is 0.207 e. The molecule has 0 saturated carbocycles. The van der Waals surface area contributed by atoms with Crippen LogP contribution < -0.4 is 15.1 Å². The average Bonchev–Trinajstić information content (AvgIpc) is 2.87. The second-order valence-corrected chi connectivity index (χ2v) is 6.33. The fraction of sp³-hybridized carbons (Fsp3) is 0.350. The van der Waals surface area contributed by atoms with Gasteiger partial charge in [-0.05, 0) is 43.2 Å². The minimum atomic E-state index is 0.588. The molecule has 0 aromatic heterocycles. The third kappa shape index (κ3) is 4.07. The van der Waals surface area contributed by atoms with Gasteiger partial charge >= 0.3 is 0 Å². The van der Waals surface area contributed by atoms with E-state index in [2.05, 4.69) is 70.6 Å². The van der Waals surface area contributed by atoms with E-state index in [4.69, 9.17) is 0 Å². The molecule has 1 N–H and O–H groups in total. The van der Waals surface area contributed by atoms with E-state index in [1.165, 1.54) is 16.9 Å². The normalized spacial score (nSPS) is 15.0. The van der Waals surface area contributed by atoms with Crippen LogP contribution in [-0.2, 0) is 11.3 Å². The Morgan fingerprint density at radius 3 is 1.96 bits per heavy atom. The maximum absolute atomic E-state index is 10.4. The van der Waals surface area contributed by atoms with Crippen molar-refractivity contribution < 1.29 is 4.79 Å². The number of hydrogen-bond donors (Lipinski definition) is 1. The molecular weight excluding hydrogens is 298 g/mol. The first-order valence-electron chi connectivity index (χ1n) is 8.59. The monoisotopic (exact) mass is 323 g/mol. The van der Waals surface area contributed by atoms with E-state index in [-0.39, 0.29) is 0 Å². The lowest BCUT2D eigenvalue weighted by atomic mass is 10.2. The van der Waals surface area contributed by atoms with E-state index in [0.29, 0.717) is 6.54 Å². The fourth-order valence-electron chi connectivity index (χ4n) is 3.17. The molecule has 1 amide bonds. The summed E-state index contributed by atoms with van der Waals surface area (Å²) in [6, 6.07) is 17.3. The Kier molecular flexibility index (Phi) is 5.36. The molecule has 24 heavy (non-hydrogen) atoms. The number of aryl methyl sites for hydroxylation is 1. The summed E-state index contributed by atoms with van der Waals surface area (Å²) >= 11 is 0. The topological polar surface area (TPSA) is 35.6 Å². The van der Waals surface area contributed by atoms with E-state index in [1.54, 1.807) is 0 Å². The van der Waals surface area contributed by atoms with Gasteiger partial charge in [0.2, 0.25) is 6.41 Å². The van der Waals surface area contributed by atoms with Gasteiger partial charge in [-0.3, -0.25) is 4.79 Å². The van der Waals surface area contributed by atoms with Crippen LogP contribution in [0.25, 0.3) is 0 Å². The Balaban J connectivity index is 1.62. The van der Waals surface area contributed by atoms with E-state index in [9.17, 15) is 4.79 Å². The second kappa shape index (κ2) is 7.86. The predicted molar refractivity (Wildman–Crippen MR) is 99.6 cm³/mol. The molecule has 4 nitrogen and oxygen atoms in total. The van der Waals surface area contributed by atoms with Crippen molar-refractivity contribution in [2.45, 2.75) is 19.9 Å². The molecule has 3 rings (SSSR count). The number of benzene rings is 2. The fourth-order valence-corrected chi connectivity index (χ4v) is 3.17. The van der Waals surface area contributed by atoms with Crippen LogP contribution in [0.5, 0.6) is 0 Å². The van der Waals surface area contributed by atoms with Crippen molar-refractivity contribution in [1.82, 2.24) is 5.32 Å². The Hall–Kier alpha value is -2.49. The highest BCUT2D eigenvalue weighted by molar-refractivity contribution is 5.52. The number of carbonyl (C=O) groups excluding carboxylic acids is 1. The van der Waals surface area contributed by atoms with Crippen LogP contribution in [0.2, 0.25) is 0 Å². The van der Waals surface area contributed by atoms with Gasteiger partial charge in [0.25, 0.3) is 0 Å². The summed E-state index contributed by atoms with van der Waals surface area (Å²) < 4.78 is 0. The third-order valence-electron chi connectivity index (χ3n) is 4.59. The quantitative estimate of drug-likeness (QED) is 0.859. The van der Waals surface area contributed by atoms with E-state index < -0.39 is 0 Å². The molecule has 1 aliphatic rings.